The van der Waals surface area contributed by atoms with Crippen LogP contribution in [-0.4, -0.2) is 46.2 Å². The summed E-state index contributed by atoms with van der Waals surface area (Å²) in [5, 5.41) is 42.9. The Morgan fingerprint density at radius 1 is 1.06 bits per heavy atom. The van der Waals surface area contributed by atoms with Gasteiger partial charge in [0.05, 0.1) is 23.1 Å². The molecule has 1 saturated carbocycles. The van der Waals surface area contributed by atoms with Gasteiger partial charge >= 0.3 is 0 Å². The average Bonchev–Trinajstić information content (AvgIpc) is 3.26. The van der Waals surface area contributed by atoms with E-state index in [0.29, 0.717) is 16.7 Å². The Bertz CT molecular complexity index is 1390. The van der Waals surface area contributed by atoms with Gasteiger partial charge in [-0.25, -0.2) is 0 Å². The molecule has 3 aromatic rings. The molecular weight excluding hydrogens is 444 g/mol. The van der Waals surface area contributed by atoms with E-state index in [4.69, 9.17) is 4.74 Å². The van der Waals surface area contributed by atoms with Crippen LogP contribution in [0.4, 0.5) is 0 Å². The van der Waals surface area contributed by atoms with Gasteiger partial charge in [0.15, 0.2) is 11.2 Å². The summed E-state index contributed by atoms with van der Waals surface area (Å²) in [7, 11) is 3.19. The predicted molar refractivity (Wildman–Crippen MR) is 124 cm³/mol. The second kappa shape index (κ2) is 7.92. The normalized spacial score (nSPS) is 28.2. The number of aliphatic hydroxyl groups is 2. The zero-order valence-corrected chi connectivity index (χ0v) is 19.1. The SMILES string of the molecule is CN(C)C(=O)C1C(O)C2(O)c3ncc(C#N)cc3OC2(c2ccc(C#N)cc2)C1c1ccccc1. The molecule has 1 aliphatic carbocycles. The van der Waals surface area contributed by atoms with Gasteiger partial charge in [0.2, 0.25) is 5.91 Å². The zero-order valence-electron chi connectivity index (χ0n) is 19.1. The third kappa shape index (κ3) is 2.91. The third-order valence-electron chi connectivity index (χ3n) is 7.07. The van der Waals surface area contributed by atoms with Crippen LogP contribution in [0.15, 0.2) is 66.9 Å². The lowest BCUT2D eigenvalue weighted by atomic mass is 9.71. The summed E-state index contributed by atoms with van der Waals surface area (Å²) in [5.74, 6) is -2.11. The quantitative estimate of drug-likeness (QED) is 0.605. The molecule has 2 aliphatic rings. The van der Waals surface area contributed by atoms with Crippen LogP contribution < -0.4 is 4.74 Å². The second-order valence-electron chi connectivity index (χ2n) is 9.07. The lowest BCUT2D eigenvalue weighted by molar-refractivity contribution is -0.157. The number of nitriles is 2. The Balaban J connectivity index is 1.86. The number of amides is 1. The van der Waals surface area contributed by atoms with Crippen LogP contribution in [0.2, 0.25) is 0 Å². The van der Waals surface area contributed by atoms with Gasteiger partial charge in [-0.15, -0.1) is 0 Å². The highest BCUT2D eigenvalue weighted by Crippen LogP contribution is 2.68. The maximum atomic E-state index is 13.5. The van der Waals surface area contributed by atoms with Crippen molar-refractivity contribution in [2.75, 3.05) is 14.1 Å². The van der Waals surface area contributed by atoms with Crippen LogP contribution in [-0.2, 0) is 16.0 Å². The van der Waals surface area contributed by atoms with Crippen LogP contribution in [0.1, 0.15) is 33.9 Å². The Labute approximate surface area is 202 Å². The number of pyridine rings is 1. The van der Waals surface area contributed by atoms with Crippen molar-refractivity contribution in [1.82, 2.24) is 9.88 Å². The number of aromatic nitrogens is 1. The van der Waals surface area contributed by atoms with Crippen LogP contribution >= 0.6 is 0 Å². The maximum Gasteiger partial charge on any atom is 0.228 e. The number of hydrogen-bond acceptors (Lipinski definition) is 7. The maximum absolute atomic E-state index is 13.5. The molecule has 1 fully saturated rings. The Morgan fingerprint density at radius 3 is 2.31 bits per heavy atom. The lowest BCUT2D eigenvalue weighted by Crippen LogP contribution is -2.52. The molecule has 0 spiro atoms. The van der Waals surface area contributed by atoms with Gasteiger partial charge in [-0.05, 0) is 23.3 Å². The summed E-state index contributed by atoms with van der Waals surface area (Å²) in [6.07, 6.45) is -0.277. The molecular formula is C27H22N4O4. The molecule has 1 aliphatic heterocycles. The number of hydrogen-bond donors (Lipinski definition) is 2. The smallest absolute Gasteiger partial charge is 0.228 e. The topological polar surface area (TPSA) is 130 Å². The second-order valence-corrected chi connectivity index (χ2v) is 9.07. The van der Waals surface area contributed by atoms with Gasteiger partial charge in [0.25, 0.3) is 0 Å². The number of nitrogens with zero attached hydrogens (tertiary/aromatic N) is 4. The molecule has 2 heterocycles. The largest absolute Gasteiger partial charge is 0.476 e. The molecule has 5 atom stereocenters. The first kappa shape index (κ1) is 22.5. The van der Waals surface area contributed by atoms with E-state index in [1.54, 1.807) is 38.4 Å². The summed E-state index contributed by atoms with van der Waals surface area (Å²) in [4.78, 5) is 19.2. The fraction of sp³-hybridized carbons (Fsp3) is 0.259. The van der Waals surface area contributed by atoms with E-state index in [0.717, 1.165) is 0 Å². The molecule has 2 N–H and O–H groups in total. The van der Waals surface area contributed by atoms with E-state index in [-0.39, 0.29) is 22.9 Å². The number of carbonyl (C=O) groups excluding carboxylic acids is 1. The van der Waals surface area contributed by atoms with Crippen LogP contribution in [0, 0.1) is 28.6 Å². The molecule has 5 unspecified atom stereocenters. The molecule has 2 aromatic carbocycles. The van der Waals surface area contributed by atoms with Crippen molar-refractivity contribution >= 4 is 5.91 Å². The van der Waals surface area contributed by atoms with Crippen LogP contribution in [0.3, 0.4) is 0 Å². The van der Waals surface area contributed by atoms with Gasteiger partial charge in [-0.1, -0.05) is 42.5 Å². The number of benzene rings is 2. The summed E-state index contributed by atoms with van der Waals surface area (Å²) in [6.45, 7) is 0. The fourth-order valence-electron chi connectivity index (χ4n) is 5.58. The van der Waals surface area contributed by atoms with E-state index >= 15 is 0 Å². The number of carbonyl (C=O) groups is 1. The van der Waals surface area contributed by atoms with Gasteiger partial charge in [-0.2, -0.15) is 10.5 Å². The van der Waals surface area contributed by atoms with Gasteiger partial charge in [0.1, 0.15) is 23.6 Å². The van der Waals surface area contributed by atoms with Gasteiger partial charge < -0.3 is 19.8 Å². The standard InChI is InChI=1S/C27H22N4O4/c1-31(2)25(33)21-22(18-6-4-3-5-7-18)27(19-10-8-16(13-28)9-11-19)26(34,24(21)32)23-20(35-27)12-17(14-29)15-30-23/h3-12,15,21-22,24,32,34H,1-2H3. The van der Waals surface area contributed by atoms with Crippen molar-refractivity contribution < 1.29 is 19.7 Å². The lowest BCUT2D eigenvalue weighted by Gasteiger charge is -2.40. The molecule has 0 bridgehead atoms. The van der Waals surface area contributed by atoms with Gasteiger partial charge in [0, 0.05) is 32.3 Å². The first-order chi connectivity index (χ1) is 16.8. The van der Waals surface area contributed by atoms with E-state index in [9.17, 15) is 25.5 Å². The van der Waals surface area contributed by atoms with Crippen LogP contribution in [0.5, 0.6) is 5.75 Å². The first-order valence-electron chi connectivity index (χ1n) is 11.1. The molecule has 174 valence electrons. The average molecular weight is 466 g/mol. The molecule has 0 saturated heterocycles. The highest BCUT2D eigenvalue weighted by Gasteiger charge is 2.78. The summed E-state index contributed by atoms with van der Waals surface area (Å²) in [5.41, 5.74) is -1.94. The van der Waals surface area contributed by atoms with E-state index in [1.165, 1.54) is 17.2 Å². The molecule has 5 rings (SSSR count). The Hall–Kier alpha value is -4.24. The summed E-state index contributed by atoms with van der Waals surface area (Å²) < 4.78 is 6.54. The van der Waals surface area contributed by atoms with Crippen molar-refractivity contribution in [3.63, 3.8) is 0 Å². The van der Waals surface area contributed by atoms with E-state index < -0.39 is 29.1 Å². The highest BCUT2D eigenvalue weighted by molar-refractivity contribution is 5.82. The minimum atomic E-state index is -2.12. The number of rotatable bonds is 3. The number of ether oxygens (including phenoxy) is 1. The van der Waals surface area contributed by atoms with Crippen molar-refractivity contribution in [2.45, 2.75) is 23.2 Å². The first-order valence-corrected chi connectivity index (χ1v) is 11.1. The summed E-state index contributed by atoms with van der Waals surface area (Å²) in [6, 6.07) is 21.2. The predicted octanol–water partition coefficient (Wildman–Crippen LogP) is 2.16. The highest BCUT2D eigenvalue weighted by atomic mass is 16.5. The molecule has 0 radical (unpaired) electrons. The van der Waals surface area contributed by atoms with Crippen molar-refractivity contribution in [1.29, 1.82) is 10.5 Å². The summed E-state index contributed by atoms with van der Waals surface area (Å²) >= 11 is 0. The number of fused-ring (bicyclic) bond motifs is 3. The number of aliphatic hydroxyl groups excluding tert-OH is 1. The van der Waals surface area contributed by atoms with Gasteiger partial charge in [-0.3, -0.25) is 9.78 Å². The van der Waals surface area contributed by atoms with Crippen molar-refractivity contribution in [3.8, 4) is 17.9 Å². The van der Waals surface area contributed by atoms with Crippen LogP contribution in [0.25, 0.3) is 0 Å². The Morgan fingerprint density at radius 2 is 1.71 bits per heavy atom. The van der Waals surface area contributed by atoms with E-state index in [2.05, 4.69) is 11.1 Å². The molecule has 8 nitrogen and oxygen atoms in total. The minimum Gasteiger partial charge on any atom is -0.476 e. The molecule has 1 amide bonds. The van der Waals surface area contributed by atoms with Crippen molar-refractivity contribution in [2.24, 2.45) is 5.92 Å². The molecule has 1 aromatic heterocycles. The van der Waals surface area contributed by atoms with Crippen molar-refractivity contribution in [3.05, 3.63) is 94.8 Å². The fourth-order valence-corrected chi connectivity index (χ4v) is 5.58. The minimum absolute atomic E-state index is 0.0587. The monoisotopic (exact) mass is 466 g/mol. The molecule has 8 heteroatoms. The van der Waals surface area contributed by atoms with E-state index in [1.807, 2.05) is 36.4 Å². The Kier molecular flexibility index (Phi) is 5.10. The zero-order chi connectivity index (χ0) is 25.0. The third-order valence-corrected chi connectivity index (χ3v) is 7.07. The molecule has 35 heavy (non-hydrogen) atoms.